The van der Waals surface area contributed by atoms with E-state index in [1.54, 1.807) is 34.6 Å². The molecule has 0 bridgehead atoms. The predicted molar refractivity (Wildman–Crippen MR) is 299 cm³/mol. The topological polar surface area (TPSA) is 472 Å². The Bertz CT molecular complexity index is 3180. The zero-order valence-electron chi connectivity index (χ0n) is 47.4. The summed E-state index contributed by atoms with van der Waals surface area (Å²) in [5.74, 6) is 0.240. The molecule has 496 valence electrons. The predicted octanol–water partition coefficient (Wildman–Crippen LogP) is -1.58. The molecule has 0 spiro atoms. The molecule has 38 heteroatoms. The number of aromatic nitrogens is 10. The van der Waals surface area contributed by atoms with Crippen LogP contribution in [0, 0.1) is 20.8 Å². The first-order chi connectivity index (χ1) is 41.4. The lowest BCUT2D eigenvalue weighted by Crippen LogP contribution is -2.34. The summed E-state index contributed by atoms with van der Waals surface area (Å²) in [6.07, 6.45) is -21.1. The number of rotatable bonds is 10. The monoisotopic (exact) mass is 1280 g/mol. The van der Waals surface area contributed by atoms with Gasteiger partial charge in [0, 0.05) is 47.7 Å². The number of aliphatic hydroxyl groups is 6. The van der Waals surface area contributed by atoms with Crippen molar-refractivity contribution in [1.82, 2.24) is 47.8 Å². The SMILES string of the molecule is C.CCC1OC(n2cc(C)c(N)nc2=O)C([18F])C1O.CCC1OC(n2ccc(N)nc2=O)C(F)C1[18F].Cc1cn(C2OC(CO)C(O)C2[18F])c(=O)nc1N.Cc1cn(C2OC(CO)C(O)C2[18F])c(=O)nc1N.Nc1ccn(C2OC(CO)C([18F])C2F)c(=O)n1. The van der Waals surface area contributed by atoms with Crippen LogP contribution in [0.5, 0.6) is 0 Å². The third-order valence-electron chi connectivity index (χ3n) is 14.3. The van der Waals surface area contributed by atoms with Crippen molar-refractivity contribution in [1.29, 1.82) is 0 Å². The maximum absolute atomic E-state index is 13.9. The van der Waals surface area contributed by atoms with Gasteiger partial charge in [0.2, 0.25) is 0 Å². The lowest BCUT2D eigenvalue weighted by atomic mass is 10.1. The Hall–Kier alpha value is -7.53. The van der Waals surface area contributed by atoms with Gasteiger partial charge < -0.3 is 83.0 Å². The zero-order chi connectivity index (χ0) is 65.5. The molecule has 20 atom stereocenters. The Balaban J connectivity index is 0.000000202. The molecule has 5 aromatic rings. The van der Waals surface area contributed by atoms with E-state index in [9.17, 15) is 70.0 Å². The Kier molecular flexibility index (Phi) is 25.0. The van der Waals surface area contributed by atoms with Crippen LogP contribution in [0.25, 0.3) is 0 Å². The molecular weight excluding hydrogens is 1210 g/mol. The lowest BCUT2D eigenvalue weighted by molar-refractivity contribution is -0.0491. The normalized spacial score (nSPS) is 31.8. The zero-order valence-corrected chi connectivity index (χ0v) is 47.4. The van der Waals surface area contributed by atoms with Crippen LogP contribution in [-0.4, -0.2) is 190 Å². The van der Waals surface area contributed by atoms with Crippen molar-refractivity contribution < 1.29 is 85.1 Å². The second kappa shape index (κ2) is 30.8. The first-order valence-electron chi connectivity index (χ1n) is 26.8. The van der Waals surface area contributed by atoms with E-state index in [2.05, 4.69) is 24.9 Å². The lowest BCUT2D eigenvalue weighted by Gasteiger charge is -2.16. The van der Waals surface area contributed by atoms with Crippen LogP contribution >= 0.6 is 0 Å². The molecule has 5 aliphatic heterocycles. The minimum absolute atomic E-state index is 0. The van der Waals surface area contributed by atoms with Crippen LogP contribution in [0.1, 0.15) is 81.9 Å². The van der Waals surface area contributed by atoms with Gasteiger partial charge in [0.15, 0.2) is 74.3 Å². The highest BCUT2D eigenvalue weighted by Gasteiger charge is 2.50. The summed E-state index contributed by atoms with van der Waals surface area (Å²) in [5.41, 5.74) is 24.7. The molecule has 16 N–H and O–H groups in total. The molecule has 0 aromatic carbocycles. The number of alkyl halides is 7. The molecule has 31 nitrogen and oxygen atoms in total. The number of ether oxygens (including phenoxy) is 5. The van der Waals surface area contributed by atoms with Gasteiger partial charge in [-0.3, -0.25) is 22.8 Å². The molecule has 0 aliphatic carbocycles. The first kappa shape index (κ1) is 72.2. The number of nitrogens with zero attached hydrogens (tertiary/aromatic N) is 10. The summed E-state index contributed by atoms with van der Waals surface area (Å²) in [5, 5.41) is 55.2. The van der Waals surface area contributed by atoms with E-state index >= 15 is 0 Å². The van der Waals surface area contributed by atoms with Gasteiger partial charge in [0.05, 0.1) is 32.0 Å². The molecular formula is C51H72F7N15O16. The number of aliphatic hydroxyl groups excluding tert-OH is 6. The number of hydrogen-bond donors (Lipinski definition) is 11. The Morgan fingerprint density at radius 1 is 0.404 bits per heavy atom. The average Bonchev–Trinajstić information content (AvgIpc) is 2.96. The maximum atomic E-state index is 13.9. The van der Waals surface area contributed by atoms with Crippen LogP contribution < -0.4 is 57.1 Å². The van der Waals surface area contributed by atoms with Crippen molar-refractivity contribution in [3.63, 3.8) is 0 Å². The number of aryl methyl sites for hydroxylation is 3. The second-order valence-electron chi connectivity index (χ2n) is 20.4. The molecule has 5 saturated heterocycles. The molecule has 10 rings (SSSR count). The number of hydrogen-bond acceptors (Lipinski definition) is 26. The van der Waals surface area contributed by atoms with Crippen LogP contribution in [-0.2, 0) is 23.7 Å². The Morgan fingerprint density at radius 2 is 0.663 bits per heavy atom. The van der Waals surface area contributed by atoms with Crippen LogP contribution in [0.4, 0.5) is 59.8 Å². The third kappa shape index (κ3) is 15.9. The van der Waals surface area contributed by atoms with Crippen LogP contribution in [0.15, 0.2) is 67.1 Å². The largest absolute Gasteiger partial charge is 0.394 e. The molecule has 0 radical (unpaired) electrons. The number of nitrogens with two attached hydrogens (primary N) is 5. The van der Waals surface area contributed by atoms with Crippen LogP contribution in [0.3, 0.4) is 0 Å². The van der Waals surface area contributed by atoms with Gasteiger partial charge in [0.25, 0.3) is 0 Å². The third-order valence-corrected chi connectivity index (χ3v) is 14.3. The van der Waals surface area contributed by atoms with E-state index in [0.29, 0.717) is 29.5 Å². The molecule has 89 heavy (non-hydrogen) atoms. The van der Waals surface area contributed by atoms with Gasteiger partial charge in [-0.1, -0.05) is 21.3 Å². The van der Waals surface area contributed by atoms with E-state index in [1.165, 1.54) is 43.1 Å². The minimum Gasteiger partial charge on any atom is -0.394 e. The van der Waals surface area contributed by atoms with Crippen molar-refractivity contribution in [2.45, 2.75) is 178 Å². The van der Waals surface area contributed by atoms with E-state index in [1.807, 2.05) is 0 Å². The summed E-state index contributed by atoms with van der Waals surface area (Å²) in [4.78, 5) is 75.2. The molecule has 5 aromatic heterocycles. The second-order valence-corrected chi connectivity index (χ2v) is 20.4. The van der Waals surface area contributed by atoms with Crippen LogP contribution in [0.2, 0.25) is 0 Å². The number of nitrogen functional groups attached to an aromatic ring is 5. The fourth-order valence-corrected chi connectivity index (χ4v) is 9.23. The van der Waals surface area contributed by atoms with Gasteiger partial charge in [-0.15, -0.1) is 0 Å². The summed E-state index contributed by atoms with van der Waals surface area (Å²) in [6, 6.07) is 2.61. The van der Waals surface area contributed by atoms with Gasteiger partial charge in [-0.25, -0.2) is 54.7 Å². The average molecular weight is 1280 g/mol. The summed E-state index contributed by atoms with van der Waals surface area (Å²) in [6.45, 7) is 6.63. The summed E-state index contributed by atoms with van der Waals surface area (Å²) in [7, 11) is 0. The van der Waals surface area contributed by atoms with E-state index in [-0.39, 0.29) is 36.5 Å². The van der Waals surface area contributed by atoms with Crippen molar-refractivity contribution in [2.75, 3.05) is 48.5 Å². The smallest absolute Gasteiger partial charge is 0.351 e. The van der Waals surface area contributed by atoms with Crippen molar-refractivity contribution in [3.05, 3.63) is 112 Å². The first-order valence-corrected chi connectivity index (χ1v) is 26.8. The van der Waals surface area contributed by atoms with Crippen molar-refractivity contribution in [3.8, 4) is 0 Å². The molecule has 5 aliphatic rings. The van der Waals surface area contributed by atoms with E-state index < -0.39 is 171 Å². The number of anilines is 5. The van der Waals surface area contributed by atoms with Gasteiger partial charge in [-0.2, -0.15) is 24.9 Å². The highest BCUT2D eigenvalue weighted by Crippen LogP contribution is 2.37. The van der Waals surface area contributed by atoms with Crippen molar-refractivity contribution in [2.24, 2.45) is 0 Å². The minimum atomic E-state index is -2.03. The van der Waals surface area contributed by atoms with Crippen molar-refractivity contribution >= 4 is 29.1 Å². The fourth-order valence-electron chi connectivity index (χ4n) is 9.23. The quantitative estimate of drug-likeness (QED) is 0.0703. The standard InChI is InChI=1S/C11H16FN3O3.C10H13F2N3O2.2C10H14FN3O4.C9H11F2N3O3.CH4/c1-3-6-8(16)7(12)10(18-6)15-4-5(2)9(13)14-11(15)17;1-2-5-7(11)8(12)9(17-5)15-4-3-6(13)14-10(15)16;2*1-4-2-14(10(17)13-8(4)12)9-6(11)7(16)5(3-15)18-9;10-6-4(3-15)17-8(7(6)11)14-2-1-5(12)13-9(14)16;/h4,6-8,10,16H,3H2,1-2H3,(H2,13,14,17);3-5,7-9H,2H2,1H3,(H2,13,14,16);2*2,5-7,9,15-16H,3H2,1H3,(H2,12,13,17);1-2,4,6-8,15H,3H2,(H2,12,13,16);1H4/i12-1;3*11-1;10-1;. The van der Waals surface area contributed by atoms with Gasteiger partial charge in [-0.05, 0) is 45.7 Å². The maximum Gasteiger partial charge on any atom is 0.351 e. The molecule has 20 unspecified atom stereocenters. The van der Waals surface area contributed by atoms with E-state index in [0.717, 1.165) is 22.8 Å². The van der Waals surface area contributed by atoms with Gasteiger partial charge >= 0.3 is 28.4 Å². The molecule has 0 amide bonds. The van der Waals surface area contributed by atoms with E-state index in [4.69, 9.17) is 67.7 Å². The summed E-state index contributed by atoms with van der Waals surface area (Å²) < 4.78 is 126. The molecule has 10 heterocycles. The molecule has 0 saturated carbocycles. The molecule has 5 fully saturated rings. The summed E-state index contributed by atoms with van der Waals surface area (Å²) >= 11 is 0. The fraction of sp³-hybridized carbons (Fsp3) is 0.608. The van der Waals surface area contributed by atoms with Gasteiger partial charge in [0.1, 0.15) is 65.7 Å². The highest BCUT2D eigenvalue weighted by molar-refractivity contribution is 5.37. The Labute approximate surface area is 499 Å². The highest BCUT2D eigenvalue weighted by atomic mass is 19.1. The Morgan fingerprint density at radius 3 is 0.921 bits per heavy atom. The number of halogens is 7.